The topological polar surface area (TPSA) is 40.5 Å². The second-order valence-corrected chi connectivity index (χ2v) is 4.75. The summed E-state index contributed by atoms with van der Waals surface area (Å²) in [7, 11) is 0. The third-order valence-corrected chi connectivity index (χ3v) is 3.06. The van der Waals surface area contributed by atoms with E-state index in [1.165, 1.54) is 4.90 Å². The van der Waals surface area contributed by atoms with Crippen LogP contribution < -0.4 is 0 Å². The van der Waals surface area contributed by atoms with Crippen molar-refractivity contribution in [2.24, 2.45) is 0 Å². The molecule has 19 heavy (non-hydrogen) atoms. The molecule has 1 rings (SSSR count). The molecule has 0 saturated heterocycles. The Labute approximate surface area is 111 Å². The molecule has 106 valence electrons. The second-order valence-electron chi connectivity index (χ2n) is 4.75. The average molecular weight is 271 g/mol. The second kappa shape index (κ2) is 7.31. The van der Waals surface area contributed by atoms with Crippen molar-refractivity contribution >= 4 is 6.29 Å². The zero-order valence-electron chi connectivity index (χ0n) is 10.9. The lowest BCUT2D eigenvalue weighted by atomic mass is 9.83. The summed E-state index contributed by atoms with van der Waals surface area (Å²) in [4.78, 5) is 12.8. The summed E-state index contributed by atoms with van der Waals surface area (Å²) < 4.78 is 25.0. The number of rotatable bonds is 8. The zero-order valence-corrected chi connectivity index (χ0v) is 10.9. The van der Waals surface area contributed by atoms with Crippen LogP contribution in [0.3, 0.4) is 0 Å². The van der Waals surface area contributed by atoms with Gasteiger partial charge in [-0.1, -0.05) is 30.3 Å². The van der Waals surface area contributed by atoms with Crippen LogP contribution >= 0.6 is 0 Å². The van der Waals surface area contributed by atoms with E-state index < -0.39 is 18.4 Å². The van der Waals surface area contributed by atoms with E-state index in [0.717, 1.165) is 11.8 Å². The van der Waals surface area contributed by atoms with Gasteiger partial charge in [-0.2, -0.15) is 0 Å². The number of aliphatic hydroxyl groups excluding tert-OH is 1. The van der Waals surface area contributed by atoms with Gasteiger partial charge in [-0.25, -0.2) is 8.78 Å². The Morgan fingerprint density at radius 2 is 2.00 bits per heavy atom. The molecule has 0 spiro atoms. The van der Waals surface area contributed by atoms with Crippen LogP contribution in [0.2, 0.25) is 0 Å². The van der Waals surface area contributed by atoms with Gasteiger partial charge in [0.05, 0.1) is 18.6 Å². The van der Waals surface area contributed by atoms with Crippen molar-refractivity contribution in [3.63, 3.8) is 0 Å². The number of hydrogen-bond acceptors (Lipinski definition) is 3. The van der Waals surface area contributed by atoms with Crippen molar-refractivity contribution in [3.05, 3.63) is 35.9 Å². The van der Waals surface area contributed by atoms with E-state index in [1.807, 2.05) is 6.07 Å². The quantitative estimate of drug-likeness (QED) is 0.732. The maximum atomic E-state index is 12.5. The predicted octanol–water partition coefficient (Wildman–Crippen LogP) is 1.70. The molecule has 0 aliphatic heterocycles. The lowest BCUT2D eigenvalue weighted by Gasteiger charge is -2.31. The molecule has 0 aliphatic rings. The molecule has 1 N–H and O–H groups in total. The SMILES string of the molecule is CC(C=O)(CN(CCO)CC(F)F)c1ccccc1. The zero-order chi connectivity index (χ0) is 14.3. The van der Waals surface area contributed by atoms with Gasteiger partial charge in [-0.15, -0.1) is 0 Å². The highest BCUT2D eigenvalue weighted by Crippen LogP contribution is 2.23. The van der Waals surface area contributed by atoms with Gasteiger partial charge in [-0.05, 0) is 12.5 Å². The first-order valence-corrected chi connectivity index (χ1v) is 6.15. The number of carbonyl (C=O) groups is 1. The van der Waals surface area contributed by atoms with E-state index >= 15 is 0 Å². The van der Waals surface area contributed by atoms with Crippen molar-refractivity contribution in [2.75, 3.05) is 26.2 Å². The minimum atomic E-state index is -2.49. The summed E-state index contributed by atoms with van der Waals surface area (Å²) >= 11 is 0. The normalized spacial score (nSPS) is 14.6. The van der Waals surface area contributed by atoms with Gasteiger partial charge in [0.25, 0.3) is 6.43 Å². The molecule has 0 radical (unpaired) electrons. The molecule has 0 amide bonds. The van der Waals surface area contributed by atoms with Crippen molar-refractivity contribution in [1.82, 2.24) is 4.90 Å². The summed E-state index contributed by atoms with van der Waals surface area (Å²) in [5.41, 5.74) is -0.0760. The van der Waals surface area contributed by atoms with Crippen LogP contribution in [-0.2, 0) is 10.2 Å². The smallest absolute Gasteiger partial charge is 0.251 e. The van der Waals surface area contributed by atoms with Crippen LogP contribution in [0.25, 0.3) is 0 Å². The molecule has 1 atom stereocenters. The van der Waals surface area contributed by atoms with Crippen molar-refractivity contribution < 1.29 is 18.7 Å². The van der Waals surface area contributed by atoms with Crippen LogP contribution in [0.15, 0.2) is 30.3 Å². The number of alkyl halides is 2. The minimum Gasteiger partial charge on any atom is -0.395 e. The van der Waals surface area contributed by atoms with Gasteiger partial charge >= 0.3 is 0 Å². The number of carbonyl (C=O) groups excluding carboxylic acids is 1. The Kier molecular flexibility index (Phi) is 6.05. The van der Waals surface area contributed by atoms with Gasteiger partial charge in [0.1, 0.15) is 6.29 Å². The molecule has 1 aromatic rings. The van der Waals surface area contributed by atoms with Crippen LogP contribution in [0.5, 0.6) is 0 Å². The van der Waals surface area contributed by atoms with E-state index in [-0.39, 0.29) is 19.7 Å². The summed E-state index contributed by atoms with van der Waals surface area (Å²) in [5.74, 6) is 0. The van der Waals surface area contributed by atoms with Gasteiger partial charge in [0, 0.05) is 13.1 Å². The Balaban J connectivity index is 2.86. The Hall–Kier alpha value is -1.33. The maximum absolute atomic E-state index is 12.5. The van der Waals surface area contributed by atoms with E-state index in [4.69, 9.17) is 5.11 Å². The summed E-state index contributed by atoms with van der Waals surface area (Å²) in [6, 6.07) is 9.04. The molecule has 0 bridgehead atoms. The largest absolute Gasteiger partial charge is 0.395 e. The van der Waals surface area contributed by atoms with Gasteiger partial charge in [0.15, 0.2) is 0 Å². The Morgan fingerprint density at radius 1 is 1.37 bits per heavy atom. The first-order valence-electron chi connectivity index (χ1n) is 6.15. The van der Waals surface area contributed by atoms with E-state index in [0.29, 0.717) is 0 Å². The highest BCUT2D eigenvalue weighted by atomic mass is 19.3. The molecule has 1 unspecified atom stereocenters. The van der Waals surface area contributed by atoms with E-state index in [1.54, 1.807) is 31.2 Å². The number of benzene rings is 1. The molecule has 3 nitrogen and oxygen atoms in total. The van der Waals surface area contributed by atoms with Gasteiger partial charge in [0.2, 0.25) is 0 Å². The van der Waals surface area contributed by atoms with E-state index in [2.05, 4.69) is 0 Å². The average Bonchev–Trinajstić information content (AvgIpc) is 2.39. The standard InChI is InChI=1S/C14H19F2NO2/c1-14(11-19,12-5-3-2-4-6-12)10-17(7-8-18)9-13(15)16/h2-6,11,13,18H,7-10H2,1H3. The molecule has 0 aromatic heterocycles. The molecular weight excluding hydrogens is 252 g/mol. The third kappa shape index (κ3) is 4.69. The fraction of sp³-hybridized carbons (Fsp3) is 0.500. The first kappa shape index (κ1) is 15.7. The third-order valence-electron chi connectivity index (χ3n) is 3.06. The Morgan fingerprint density at radius 3 is 2.47 bits per heavy atom. The monoisotopic (exact) mass is 271 g/mol. The number of aliphatic hydroxyl groups is 1. The van der Waals surface area contributed by atoms with Gasteiger partial charge < -0.3 is 9.90 Å². The molecule has 5 heteroatoms. The summed E-state index contributed by atoms with van der Waals surface area (Å²) in [5, 5.41) is 8.91. The highest BCUT2D eigenvalue weighted by Gasteiger charge is 2.29. The number of halogens is 2. The first-order chi connectivity index (χ1) is 9.01. The molecule has 0 heterocycles. The van der Waals surface area contributed by atoms with Crippen LogP contribution in [0.4, 0.5) is 8.78 Å². The fourth-order valence-electron chi connectivity index (χ4n) is 2.05. The fourth-order valence-corrected chi connectivity index (χ4v) is 2.05. The molecule has 0 saturated carbocycles. The summed E-state index contributed by atoms with van der Waals surface area (Å²) in [6.45, 7) is 1.34. The minimum absolute atomic E-state index is 0.126. The Bertz CT molecular complexity index is 386. The van der Waals surface area contributed by atoms with Crippen LogP contribution in [0, 0.1) is 0 Å². The number of aldehydes is 1. The highest BCUT2D eigenvalue weighted by molar-refractivity contribution is 5.68. The predicted molar refractivity (Wildman–Crippen MR) is 69.4 cm³/mol. The summed E-state index contributed by atoms with van der Waals surface area (Å²) in [6.07, 6.45) is -1.71. The number of nitrogens with zero attached hydrogens (tertiary/aromatic N) is 1. The van der Waals surface area contributed by atoms with Gasteiger partial charge in [-0.3, -0.25) is 4.90 Å². The van der Waals surface area contributed by atoms with Crippen molar-refractivity contribution in [3.8, 4) is 0 Å². The molecule has 1 aromatic carbocycles. The maximum Gasteiger partial charge on any atom is 0.251 e. The number of hydrogen-bond donors (Lipinski definition) is 1. The molecule has 0 aliphatic carbocycles. The van der Waals surface area contributed by atoms with Crippen molar-refractivity contribution in [2.45, 2.75) is 18.8 Å². The molecular formula is C14H19F2NO2. The van der Waals surface area contributed by atoms with E-state index in [9.17, 15) is 13.6 Å². The molecule has 0 fully saturated rings. The van der Waals surface area contributed by atoms with Crippen molar-refractivity contribution in [1.29, 1.82) is 0 Å². The van der Waals surface area contributed by atoms with Crippen LogP contribution in [-0.4, -0.2) is 49.0 Å². The lowest BCUT2D eigenvalue weighted by Crippen LogP contribution is -2.43. The lowest BCUT2D eigenvalue weighted by molar-refractivity contribution is -0.113. The van der Waals surface area contributed by atoms with Crippen LogP contribution in [0.1, 0.15) is 12.5 Å².